The number of nitrogens with zero attached hydrogens (tertiary/aromatic N) is 1. The van der Waals surface area contributed by atoms with Gasteiger partial charge >= 0.3 is 0 Å². The first-order valence-corrected chi connectivity index (χ1v) is 4.87. The zero-order chi connectivity index (χ0) is 9.26. The van der Waals surface area contributed by atoms with Crippen LogP contribution in [0.25, 0.3) is 0 Å². The molecule has 4 heteroatoms. The van der Waals surface area contributed by atoms with Crippen LogP contribution in [0.2, 0.25) is 0 Å². The van der Waals surface area contributed by atoms with Gasteiger partial charge in [0.25, 0.3) is 0 Å². The molecule has 2 rings (SSSR count). The summed E-state index contributed by atoms with van der Waals surface area (Å²) in [6.45, 7) is 5.48. The Morgan fingerprint density at radius 1 is 1.54 bits per heavy atom. The molecule has 2 fully saturated rings. The lowest BCUT2D eigenvalue weighted by Gasteiger charge is -2.42. The highest BCUT2D eigenvalue weighted by atomic mass is 16.5. The summed E-state index contributed by atoms with van der Waals surface area (Å²) in [6, 6.07) is 0.231. The molecule has 0 spiro atoms. The summed E-state index contributed by atoms with van der Waals surface area (Å²) in [4.78, 5) is 13.3. The van der Waals surface area contributed by atoms with E-state index < -0.39 is 0 Å². The minimum atomic E-state index is 0.0487. The molecule has 74 valence electrons. The van der Waals surface area contributed by atoms with E-state index in [1.54, 1.807) is 6.92 Å². The minimum Gasteiger partial charge on any atom is -0.373 e. The van der Waals surface area contributed by atoms with Crippen molar-refractivity contribution in [3.8, 4) is 0 Å². The Kier molecular flexibility index (Phi) is 2.51. The average Bonchev–Trinajstić information content (AvgIpc) is 2.10. The van der Waals surface area contributed by atoms with Crippen LogP contribution in [0.3, 0.4) is 0 Å². The summed E-state index contributed by atoms with van der Waals surface area (Å²) in [6.07, 6.45) is 1.23. The van der Waals surface area contributed by atoms with Gasteiger partial charge in [-0.2, -0.15) is 0 Å². The second-order valence-electron chi connectivity index (χ2n) is 3.81. The van der Waals surface area contributed by atoms with Gasteiger partial charge in [0.15, 0.2) is 0 Å². The van der Waals surface area contributed by atoms with Crippen LogP contribution in [0.5, 0.6) is 0 Å². The van der Waals surface area contributed by atoms with E-state index in [-0.39, 0.29) is 18.1 Å². The van der Waals surface area contributed by atoms with Gasteiger partial charge in [-0.25, -0.2) is 0 Å². The molecule has 2 heterocycles. The van der Waals surface area contributed by atoms with E-state index in [1.165, 1.54) is 0 Å². The van der Waals surface area contributed by atoms with E-state index in [2.05, 4.69) is 10.2 Å². The monoisotopic (exact) mass is 184 g/mol. The van der Waals surface area contributed by atoms with Crippen molar-refractivity contribution in [2.45, 2.75) is 25.5 Å². The summed E-state index contributed by atoms with van der Waals surface area (Å²) < 4.78 is 5.61. The number of nitrogens with one attached hydrogen (secondary N) is 1. The molecule has 0 aromatic heterocycles. The average molecular weight is 184 g/mol. The van der Waals surface area contributed by atoms with Crippen LogP contribution < -0.4 is 5.32 Å². The molecular weight excluding hydrogens is 168 g/mol. The van der Waals surface area contributed by atoms with Gasteiger partial charge < -0.3 is 10.1 Å². The van der Waals surface area contributed by atoms with Crippen molar-refractivity contribution < 1.29 is 9.53 Å². The highest BCUT2D eigenvalue weighted by Gasteiger charge is 2.33. The van der Waals surface area contributed by atoms with Gasteiger partial charge in [0, 0.05) is 26.6 Å². The molecule has 0 aromatic carbocycles. The van der Waals surface area contributed by atoms with Gasteiger partial charge in [0.2, 0.25) is 5.91 Å². The van der Waals surface area contributed by atoms with Crippen molar-refractivity contribution in [3.63, 3.8) is 0 Å². The summed E-state index contributed by atoms with van der Waals surface area (Å²) in [5.74, 6) is 0.0487. The van der Waals surface area contributed by atoms with Crippen LogP contribution in [-0.2, 0) is 9.53 Å². The van der Waals surface area contributed by atoms with Gasteiger partial charge in [0.1, 0.15) is 0 Å². The van der Waals surface area contributed by atoms with Gasteiger partial charge in [-0.1, -0.05) is 0 Å². The van der Waals surface area contributed by atoms with Crippen LogP contribution in [0, 0.1) is 0 Å². The Bertz CT molecular complexity index is 208. The van der Waals surface area contributed by atoms with Gasteiger partial charge in [-0.3, -0.25) is 9.69 Å². The number of piperidine rings is 1. The Morgan fingerprint density at radius 3 is 3.15 bits per heavy atom. The molecule has 4 nitrogen and oxygen atoms in total. The SMILES string of the molecule is CC(=O)N[C@@H]1CCN2CCO[C@H]1C2. The van der Waals surface area contributed by atoms with Gasteiger partial charge in [0.05, 0.1) is 18.8 Å². The highest BCUT2D eigenvalue weighted by molar-refractivity contribution is 5.73. The van der Waals surface area contributed by atoms with E-state index in [0.717, 1.165) is 32.7 Å². The third-order valence-corrected chi connectivity index (χ3v) is 2.77. The molecule has 1 unspecified atom stereocenters. The molecule has 0 aliphatic carbocycles. The molecule has 0 radical (unpaired) electrons. The Hall–Kier alpha value is -0.610. The maximum Gasteiger partial charge on any atom is 0.217 e. The third kappa shape index (κ3) is 2.00. The molecule has 1 amide bonds. The van der Waals surface area contributed by atoms with Crippen molar-refractivity contribution in [2.75, 3.05) is 26.2 Å². The third-order valence-electron chi connectivity index (χ3n) is 2.77. The molecular formula is C9H16N2O2. The van der Waals surface area contributed by atoms with Crippen LogP contribution in [0.4, 0.5) is 0 Å². The molecule has 0 saturated carbocycles. The number of hydrogen-bond acceptors (Lipinski definition) is 3. The topological polar surface area (TPSA) is 41.6 Å². The summed E-state index contributed by atoms with van der Waals surface area (Å²) >= 11 is 0. The van der Waals surface area contributed by atoms with Crippen LogP contribution in [-0.4, -0.2) is 49.2 Å². The number of amides is 1. The lowest BCUT2D eigenvalue weighted by molar-refractivity contribution is -0.124. The highest BCUT2D eigenvalue weighted by Crippen LogP contribution is 2.17. The van der Waals surface area contributed by atoms with E-state index in [4.69, 9.17) is 4.74 Å². The maximum atomic E-state index is 10.9. The second-order valence-corrected chi connectivity index (χ2v) is 3.81. The fraction of sp³-hybridized carbons (Fsp3) is 0.889. The molecule has 1 N–H and O–H groups in total. The Morgan fingerprint density at radius 2 is 2.38 bits per heavy atom. The first-order valence-electron chi connectivity index (χ1n) is 4.87. The van der Waals surface area contributed by atoms with Crippen molar-refractivity contribution >= 4 is 5.91 Å². The number of carbonyl (C=O) groups excluding carboxylic acids is 1. The standard InChI is InChI=1S/C9H16N2O2/c1-7(12)10-8-2-3-11-4-5-13-9(8)6-11/h8-9H,2-6H2,1H3,(H,10,12)/t8-,9+/m1/s1. The van der Waals surface area contributed by atoms with Crippen molar-refractivity contribution in [2.24, 2.45) is 0 Å². The van der Waals surface area contributed by atoms with E-state index in [1.807, 2.05) is 0 Å². The fourth-order valence-corrected chi connectivity index (χ4v) is 2.11. The summed E-state index contributed by atoms with van der Waals surface area (Å²) in [5.41, 5.74) is 0. The van der Waals surface area contributed by atoms with Crippen LogP contribution in [0.1, 0.15) is 13.3 Å². The molecule has 3 atom stereocenters. The van der Waals surface area contributed by atoms with Crippen molar-refractivity contribution in [3.05, 3.63) is 0 Å². The lowest BCUT2D eigenvalue weighted by atomic mass is 10.0. The predicted molar refractivity (Wildman–Crippen MR) is 48.4 cm³/mol. The van der Waals surface area contributed by atoms with Crippen LogP contribution >= 0.6 is 0 Å². The zero-order valence-corrected chi connectivity index (χ0v) is 7.95. The molecule has 2 aliphatic heterocycles. The quantitative estimate of drug-likeness (QED) is 0.602. The van der Waals surface area contributed by atoms with Crippen molar-refractivity contribution in [1.29, 1.82) is 0 Å². The van der Waals surface area contributed by atoms with E-state index in [0.29, 0.717) is 0 Å². The number of morpholine rings is 1. The first-order chi connectivity index (χ1) is 6.25. The number of ether oxygens (including phenoxy) is 1. The van der Waals surface area contributed by atoms with Crippen LogP contribution in [0.15, 0.2) is 0 Å². The summed E-state index contributed by atoms with van der Waals surface area (Å²) in [5, 5.41) is 2.95. The molecule has 2 bridgehead atoms. The van der Waals surface area contributed by atoms with E-state index in [9.17, 15) is 4.79 Å². The minimum absolute atomic E-state index is 0.0487. The summed E-state index contributed by atoms with van der Waals surface area (Å²) in [7, 11) is 0. The lowest BCUT2D eigenvalue weighted by Crippen LogP contribution is -2.58. The first kappa shape index (κ1) is 8.97. The molecule has 0 aromatic rings. The fourth-order valence-electron chi connectivity index (χ4n) is 2.11. The van der Waals surface area contributed by atoms with E-state index >= 15 is 0 Å². The normalized spacial score (nSPS) is 38.4. The smallest absolute Gasteiger partial charge is 0.217 e. The number of fused-ring (bicyclic) bond motifs is 2. The maximum absolute atomic E-state index is 10.9. The predicted octanol–water partition coefficient (Wildman–Crippen LogP) is -0.404. The number of carbonyl (C=O) groups is 1. The van der Waals surface area contributed by atoms with Crippen molar-refractivity contribution in [1.82, 2.24) is 10.2 Å². The van der Waals surface area contributed by atoms with Gasteiger partial charge in [-0.15, -0.1) is 0 Å². The molecule has 2 saturated heterocycles. The second kappa shape index (κ2) is 3.64. The Balaban J connectivity index is 1.93. The number of rotatable bonds is 1. The largest absolute Gasteiger partial charge is 0.373 e. The zero-order valence-electron chi connectivity index (χ0n) is 7.95. The number of hydrogen-bond donors (Lipinski definition) is 1. The molecule has 13 heavy (non-hydrogen) atoms. The molecule has 2 aliphatic rings. The Labute approximate surface area is 78.2 Å². The van der Waals surface area contributed by atoms with Gasteiger partial charge in [-0.05, 0) is 6.42 Å².